The maximum Gasteiger partial charge on any atom is 0.236 e. The van der Waals surface area contributed by atoms with Crippen molar-refractivity contribution in [2.24, 2.45) is 0 Å². The Labute approximate surface area is 206 Å². The van der Waals surface area contributed by atoms with E-state index < -0.39 is 0 Å². The van der Waals surface area contributed by atoms with Crippen molar-refractivity contribution in [3.8, 4) is 0 Å². The first-order valence-electron chi connectivity index (χ1n) is 12.8. The van der Waals surface area contributed by atoms with Gasteiger partial charge in [-0.25, -0.2) is 9.67 Å². The van der Waals surface area contributed by atoms with Gasteiger partial charge in [-0.15, -0.1) is 0 Å². The van der Waals surface area contributed by atoms with Crippen LogP contribution in [0.25, 0.3) is 11.0 Å². The van der Waals surface area contributed by atoms with Gasteiger partial charge in [-0.05, 0) is 74.0 Å². The Morgan fingerprint density at radius 3 is 2.63 bits per heavy atom. The third-order valence-electron chi connectivity index (χ3n) is 7.58. The number of nitrogens with two attached hydrogens (primary N) is 1. The summed E-state index contributed by atoms with van der Waals surface area (Å²) >= 11 is 0. The number of nitrogen functional groups attached to an aromatic ring is 1. The quantitative estimate of drug-likeness (QED) is 0.404. The molecule has 3 N–H and O–H groups in total. The van der Waals surface area contributed by atoms with Crippen LogP contribution in [0.5, 0.6) is 0 Å². The largest absolute Gasteiger partial charge is 0.382 e. The molecule has 7 nitrogen and oxygen atoms in total. The van der Waals surface area contributed by atoms with Gasteiger partial charge in [0.05, 0.1) is 17.1 Å². The molecule has 6 rings (SSSR count). The van der Waals surface area contributed by atoms with Gasteiger partial charge in [0.2, 0.25) is 5.95 Å². The molecule has 4 aromatic rings. The van der Waals surface area contributed by atoms with Crippen molar-refractivity contribution in [1.82, 2.24) is 25.1 Å². The molecule has 1 aliphatic heterocycles. The van der Waals surface area contributed by atoms with E-state index in [2.05, 4.69) is 65.1 Å². The first-order chi connectivity index (χ1) is 17.1. The molecular weight excluding hydrogens is 434 g/mol. The third kappa shape index (κ3) is 3.93. The second-order valence-electron chi connectivity index (χ2n) is 9.98. The van der Waals surface area contributed by atoms with Gasteiger partial charge in [0, 0.05) is 18.4 Å². The van der Waals surface area contributed by atoms with Gasteiger partial charge in [0.1, 0.15) is 0 Å². The van der Waals surface area contributed by atoms with Gasteiger partial charge in [-0.1, -0.05) is 43.5 Å². The zero-order valence-corrected chi connectivity index (χ0v) is 20.6. The summed E-state index contributed by atoms with van der Waals surface area (Å²) in [5.74, 6) is 1.16. The highest BCUT2D eigenvalue weighted by Gasteiger charge is 2.25. The molecule has 0 amide bonds. The van der Waals surface area contributed by atoms with Crippen LogP contribution in [0.3, 0.4) is 0 Å². The lowest BCUT2D eigenvalue weighted by Crippen LogP contribution is -2.24. The lowest BCUT2D eigenvalue weighted by atomic mass is 9.96. The predicted molar refractivity (Wildman–Crippen MR) is 141 cm³/mol. The van der Waals surface area contributed by atoms with Crippen molar-refractivity contribution < 1.29 is 0 Å². The number of fused-ring (bicyclic) bond motifs is 2. The summed E-state index contributed by atoms with van der Waals surface area (Å²) in [6.07, 6.45) is 8.88. The fourth-order valence-electron chi connectivity index (χ4n) is 5.73. The van der Waals surface area contributed by atoms with Gasteiger partial charge >= 0.3 is 0 Å². The molecule has 180 valence electrons. The summed E-state index contributed by atoms with van der Waals surface area (Å²) in [6, 6.07) is 13.5. The molecule has 2 aliphatic rings. The molecule has 2 aromatic carbocycles. The number of hydrogen-bond donors (Lipinski definition) is 2. The molecule has 2 aromatic heterocycles. The van der Waals surface area contributed by atoms with Gasteiger partial charge in [-0.3, -0.25) is 4.90 Å². The lowest BCUT2D eigenvalue weighted by Gasteiger charge is -2.28. The monoisotopic (exact) mass is 467 g/mol. The van der Waals surface area contributed by atoms with Crippen molar-refractivity contribution in [2.45, 2.75) is 65.0 Å². The zero-order valence-electron chi connectivity index (χ0n) is 20.6. The van der Waals surface area contributed by atoms with Crippen LogP contribution in [-0.4, -0.2) is 26.3 Å². The van der Waals surface area contributed by atoms with Crippen LogP contribution in [-0.2, 0) is 13.0 Å². The van der Waals surface area contributed by atoms with Crippen LogP contribution in [0.1, 0.15) is 60.4 Å². The Kier molecular flexibility index (Phi) is 5.65. The Morgan fingerprint density at radius 2 is 1.83 bits per heavy atom. The van der Waals surface area contributed by atoms with E-state index in [1.54, 1.807) is 0 Å². The average Bonchev–Trinajstić information content (AvgIpc) is 3.22. The van der Waals surface area contributed by atoms with E-state index in [1.807, 2.05) is 6.20 Å². The number of nitrogens with zero attached hydrogens (tertiary/aromatic N) is 5. The molecule has 0 unspecified atom stereocenters. The van der Waals surface area contributed by atoms with Gasteiger partial charge in [-0.2, -0.15) is 10.1 Å². The summed E-state index contributed by atoms with van der Waals surface area (Å²) in [7, 11) is 0. The van der Waals surface area contributed by atoms with Crippen molar-refractivity contribution in [3.05, 3.63) is 64.8 Å². The first-order valence-corrected chi connectivity index (χ1v) is 12.8. The van der Waals surface area contributed by atoms with Crippen LogP contribution in [0.15, 0.2) is 42.6 Å². The van der Waals surface area contributed by atoms with Crippen LogP contribution >= 0.6 is 0 Å². The fraction of sp³-hybridized carbons (Fsp3) is 0.393. The highest BCUT2D eigenvalue weighted by atomic mass is 15.4. The van der Waals surface area contributed by atoms with E-state index in [9.17, 15) is 0 Å². The van der Waals surface area contributed by atoms with E-state index in [0.717, 1.165) is 54.8 Å². The number of aromatic nitrogens is 4. The smallest absolute Gasteiger partial charge is 0.236 e. The molecule has 35 heavy (non-hydrogen) atoms. The maximum atomic E-state index is 6.32. The van der Waals surface area contributed by atoms with Gasteiger partial charge < -0.3 is 11.1 Å². The van der Waals surface area contributed by atoms with E-state index >= 15 is 0 Å². The highest BCUT2D eigenvalue weighted by molar-refractivity contribution is 5.88. The number of anilines is 4. The van der Waals surface area contributed by atoms with Crippen LogP contribution in [0.4, 0.5) is 23.1 Å². The SMILES string of the molecule is Cc1cccc(C)c1N(c1ccc2c(c1)CNCC2)c1ncc2c(N)nn(C3CCCCC3)c2n1. The minimum atomic E-state index is 0.342. The molecule has 0 bridgehead atoms. The van der Waals surface area contributed by atoms with Crippen LogP contribution in [0.2, 0.25) is 0 Å². The van der Waals surface area contributed by atoms with Gasteiger partial charge in [0.25, 0.3) is 0 Å². The number of aryl methyl sites for hydroxylation is 2. The van der Waals surface area contributed by atoms with Crippen molar-refractivity contribution >= 4 is 34.2 Å². The molecule has 0 radical (unpaired) electrons. The highest BCUT2D eigenvalue weighted by Crippen LogP contribution is 2.39. The second-order valence-corrected chi connectivity index (χ2v) is 9.98. The lowest BCUT2D eigenvalue weighted by molar-refractivity contribution is 0.336. The Balaban J connectivity index is 1.54. The number of para-hydroxylation sites is 1. The van der Waals surface area contributed by atoms with E-state index in [1.165, 1.54) is 41.5 Å². The minimum absolute atomic E-state index is 0.342. The number of hydrogen-bond acceptors (Lipinski definition) is 6. The van der Waals surface area contributed by atoms with Crippen molar-refractivity contribution in [2.75, 3.05) is 17.2 Å². The normalized spacial score (nSPS) is 16.4. The Morgan fingerprint density at radius 1 is 1.03 bits per heavy atom. The topological polar surface area (TPSA) is 84.9 Å². The average molecular weight is 468 g/mol. The zero-order chi connectivity index (χ0) is 23.9. The summed E-state index contributed by atoms with van der Waals surface area (Å²) in [5, 5.41) is 9.05. The third-order valence-corrected chi connectivity index (χ3v) is 7.58. The molecule has 1 aliphatic carbocycles. The molecule has 0 saturated heterocycles. The van der Waals surface area contributed by atoms with Crippen LogP contribution < -0.4 is 16.0 Å². The standard InChI is InChI=1S/C28H33N7/c1-18-7-6-8-19(2)25(18)34(23-12-11-20-13-14-30-16-21(20)15-23)28-31-17-24-26(29)33-35(27(24)32-28)22-9-4-3-5-10-22/h6-8,11-12,15,17,22,30H,3-5,9-10,13-14,16H2,1-2H3,(H2,29,33). The van der Waals surface area contributed by atoms with Gasteiger partial charge in [0.15, 0.2) is 11.5 Å². The minimum Gasteiger partial charge on any atom is -0.382 e. The van der Waals surface area contributed by atoms with E-state index in [-0.39, 0.29) is 0 Å². The summed E-state index contributed by atoms with van der Waals surface area (Å²) in [5.41, 5.74) is 14.5. The number of benzene rings is 2. The maximum absolute atomic E-state index is 6.32. The predicted octanol–water partition coefficient (Wildman–Crippen LogP) is 5.65. The second kappa shape index (κ2) is 8.96. The van der Waals surface area contributed by atoms with Crippen molar-refractivity contribution in [1.29, 1.82) is 0 Å². The molecule has 1 saturated carbocycles. The van der Waals surface area contributed by atoms with Crippen LogP contribution in [0, 0.1) is 13.8 Å². The van der Waals surface area contributed by atoms with E-state index in [0.29, 0.717) is 17.8 Å². The molecular formula is C28H33N7. The summed E-state index contributed by atoms with van der Waals surface area (Å²) in [4.78, 5) is 12.2. The Hall–Kier alpha value is -3.45. The number of nitrogens with one attached hydrogen (secondary N) is 1. The molecule has 0 spiro atoms. The molecule has 3 heterocycles. The van der Waals surface area contributed by atoms with Crippen molar-refractivity contribution in [3.63, 3.8) is 0 Å². The first kappa shape index (κ1) is 22.0. The Bertz CT molecular complexity index is 1360. The molecule has 0 atom stereocenters. The fourth-order valence-corrected chi connectivity index (χ4v) is 5.73. The summed E-state index contributed by atoms with van der Waals surface area (Å²) in [6.45, 7) is 6.21. The summed E-state index contributed by atoms with van der Waals surface area (Å²) < 4.78 is 2.06. The van der Waals surface area contributed by atoms with E-state index in [4.69, 9.17) is 20.8 Å². The molecule has 7 heteroatoms. The molecule has 1 fully saturated rings. The number of rotatable bonds is 4.